The molecule has 2 unspecified atom stereocenters. The third kappa shape index (κ3) is 4.77. The van der Waals surface area contributed by atoms with Gasteiger partial charge in [0.1, 0.15) is 0 Å². The fraction of sp³-hybridized carbons (Fsp3) is 0.917. The van der Waals surface area contributed by atoms with E-state index in [-0.39, 0.29) is 11.5 Å². The molecule has 0 aliphatic carbocycles. The summed E-state index contributed by atoms with van der Waals surface area (Å²) in [6.45, 7) is 12.9. The summed E-state index contributed by atoms with van der Waals surface area (Å²) in [6, 6.07) is 0. The lowest BCUT2D eigenvalue weighted by atomic mass is 10.00. The van der Waals surface area contributed by atoms with Crippen LogP contribution < -0.4 is 0 Å². The van der Waals surface area contributed by atoms with E-state index in [1.165, 1.54) is 13.8 Å². The average Bonchev–Trinajstić information content (AvgIpc) is 1.97. The van der Waals surface area contributed by atoms with Crippen molar-refractivity contribution < 1.29 is 19.4 Å². The van der Waals surface area contributed by atoms with Gasteiger partial charge in [-0.2, -0.15) is 0 Å². The molecule has 0 saturated heterocycles. The van der Waals surface area contributed by atoms with E-state index in [0.717, 1.165) is 0 Å². The minimum atomic E-state index is -2.22. The van der Waals surface area contributed by atoms with E-state index in [0.29, 0.717) is 0 Å². The van der Waals surface area contributed by atoms with Crippen molar-refractivity contribution in [3.05, 3.63) is 0 Å². The Bertz CT molecular complexity index is 277. The van der Waals surface area contributed by atoms with Crippen molar-refractivity contribution in [2.75, 3.05) is 0 Å². The maximum absolute atomic E-state index is 11.9. The van der Waals surface area contributed by atoms with Crippen LogP contribution in [0.3, 0.4) is 0 Å². The average molecular weight is 262 g/mol. The summed E-state index contributed by atoms with van der Waals surface area (Å²) in [7, 11) is -2.22. The second kappa shape index (κ2) is 5.08. The van der Waals surface area contributed by atoms with Crippen molar-refractivity contribution in [2.45, 2.75) is 70.9 Å². The van der Waals surface area contributed by atoms with E-state index < -0.39 is 26.0 Å². The van der Waals surface area contributed by atoms with Crippen LogP contribution in [0.4, 0.5) is 0 Å². The van der Waals surface area contributed by atoms with Gasteiger partial charge in [-0.25, -0.2) is 0 Å². The molecule has 2 N–H and O–H groups in total. The summed E-state index contributed by atoms with van der Waals surface area (Å²) in [5, 5.41) is 19.1. The molecule has 0 amide bonds. The number of hydrogen-bond acceptors (Lipinski definition) is 4. The third-order valence-electron chi connectivity index (χ3n) is 3.29. The first-order chi connectivity index (χ1) is 7.29. The molecule has 102 valence electrons. The van der Waals surface area contributed by atoms with Gasteiger partial charge < -0.3 is 14.6 Å². The predicted molar refractivity (Wildman–Crippen MR) is 70.2 cm³/mol. The van der Waals surface area contributed by atoms with Gasteiger partial charge in [0.15, 0.2) is 5.60 Å². The smallest absolute Gasteiger partial charge is 0.324 e. The largest absolute Gasteiger partial charge is 0.517 e. The number of rotatable bonds is 4. The first-order valence-corrected chi connectivity index (χ1v) is 8.84. The van der Waals surface area contributed by atoms with Crippen molar-refractivity contribution in [2.24, 2.45) is 0 Å². The second-order valence-corrected chi connectivity index (χ2v) is 11.2. The molecular formula is C12H26O4Si. The van der Waals surface area contributed by atoms with E-state index in [2.05, 4.69) is 0 Å². The minimum Gasteiger partial charge on any atom is -0.517 e. The van der Waals surface area contributed by atoms with E-state index >= 15 is 0 Å². The molecule has 4 nitrogen and oxygen atoms in total. The Kier molecular flexibility index (Phi) is 4.96. The highest BCUT2D eigenvalue weighted by atomic mass is 28.4. The zero-order valence-electron chi connectivity index (χ0n) is 12.0. The molecular weight excluding hydrogens is 236 g/mol. The molecule has 2 atom stereocenters. The van der Waals surface area contributed by atoms with Crippen molar-refractivity contribution >= 4 is 14.3 Å². The molecule has 0 aromatic rings. The van der Waals surface area contributed by atoms with E-state index in [1.807, 2.05) is 33.9 Å². The lowest BCUT2D eigenvalue weighted by Crippen LogP contribution is -2.49. The molecule has 0 heterocycles. The quantitative estimate of drug-likeness (QED) is 0.761. The zero-order valence-corrected chi connectivity index (χ0v) is 13.0. The van der Waals surface area contributed by atoms with Gasteiger partial charge in [0.2, 0.25) is 0 Å². The van der Waals surface area contributed by atoms with Crippen LogP contribution in [0.25, 0.3) is 0 Å². The van der Waals surface area contributed by atoms with Gasteiger partial charge in [0.25, 0.3) is 8.32 Å². The highest BCUT2D eigenvalue weighted by molar-refractivity contribution is 6.75. The second-order valence-electron chi connectivity index (χ2n) is 6.48. The van der Waals surface area contributed by atoms with E-state index in [9.17, 15) is 15.0 Å². The summed E-state index contributed by atoms with van der Waals surface area (Å²) in [6.07, 6.45) is -0.752. The van der Waals surface area contributed by atoms with Crippen molar-refractivity contribution in [1.82, 2.24) is 0 Å². The highest BCUT2D eigenvalue weighted by Gasteiger charge is 2.44. The normalized spacial score (nSPS) is 18.4. The maximum Gasteiger partial charge on any atom is 0.324 e. The summed E-state index contributed by atoms with van der Waals surface area (Å²) < 4.78 is 5.51. The molecule has 0 saturated carbocycles. The van der Waals surface area contributed by atoms with Gasteiger partial charge in [-0.1, -0.05) is 20.8 Å². The molecule has 0 aromatic heterocycles. The summed E-state index contributed by atoms with van der Waals surface area (Å²) in [5.74, 6) is -0.634. The number of aliphatic hydroxyl groups excluding tert-OH is 1. The van der Waals surface area contributed by atoms with Crippen LogP contribution in [0, 0.1) is 0 Å². The van der Waals surface area contributed by atoms with Gasteiger partial charge >= 0.3 is 5.97 Å². The first kappa shape index (κ1) is 16.6. The molecule has 0 aromatic carbocycles. The number of aliphatic hydroxyl groups is 2. The monoisotopic (exact) mass is 262 g/mol. The first-order valence-electron chi connectivity index (χ1n) is 5.93. The molecule has 0 bridgehead atoms. The van der Waals surface area contributed by atoms with Crippen LogP contribution in [0.2, 0.25) is 18.1 Å². The van der Waals surface area contributed by atoms with E-state index in [4.69, 9.17) is 4.43 Å². The summed E-state index contributed by atoms with van der Waals surface area (Å²) in [5.41, 5.74) is -1.62. The van der Waals surface area contributed by atoms with Gasteiger partial charge in [0, 0.05) is 6.42 Å². The van der Waals surface area contributed by atoms with Gasteiger partial charge in [-0.15, -0.1) is 0 Å². The fourth-order valence-electron chi connectivity index (χ4n) is 1.15. The number of hydrogen-bond donors (Lipinski definition) is 2. The zero-order chi connectivity index (χ0) is 14.1. The molecule has 0 fully saturated rings. The Morgan fingerprint density at radius 3 is 2.00 bits per heavy atom. The number of carbonyl (C=O) groups is 1. The fourth-order valence-corrected chi connectivity index (χ4v) is 2.14. The van der Waals surface area contributed by atoms with Crippen LogP contribution in [0.5, 0.6) is 0 Å². The standard InChI is InChI=1S/C12H26O4Si/c1-9(13)8-12(5,15)10(14)16-17(6,7)11(2,3)4/h9,13,15H,8H2,1-7H3. The predicted octanol–water partition coefficient (Wildman–Crippen LogP) is 2.06. The van der Waals surface area contributed by atoms with Crippen LogP contribution in [-0.4, -0.2) is 36.2 Å². The molecule has 0 rings (SSSR count). The Morgan fingerprint density at radius 2 is 1.71 bits per heavy atom. The molecule has 0 spiro atoms. The molecule has 0 aliphatic rings. The Balaban J connectivity index is 4.76. The van der Waals surface area contributed by atoms with Crippen molar-refractivity contribution in [1.29, 1.82) is 0 Å². The van der Waals surface area contributed by atoms with Crippen LogP contribution in [-0.2, 0) is 9.22 Å². The molecule has 17 heavy (non-hydrogen) atoms. The molecule has 5 heteroatoms. The molecule has 0 radical (unpaired) electrons. The van der Waals surface area contributed by atoms with Gasteiger partial charge in [-0.3, -0.25) is 4.79 Å². The van der Waals surface area contributed by atoms with Gasteiger partial charge in [-0.05, 0) is 32.0 Å². The van der Waals surface area contributed by atoms with Crippen molar-refractivity contribution in [3.8, 4) is 0 Å². The SMILES string of the molecule is CC(O)CC(C)(O)C(=O)O[Si](C)(C)C(C)(C)C. The van der Waals surface area contributed by atoms with Gasteiger partial charge in [0.05, 0.1) is 6.10 Å². The maximum atomic E-state index is 11.9. The van der Waals surface area contributed by atoms with Crippen LogP contribution in [0.15, 0.2) is 0 Å². The van der Waals surface area contributed by atoms with Crippen LogP contribution in [0.1, 0.15) is 41.0 Å². The van der Waals surface area contributed by atoms with Crippen LogP contribution >= 0.6 is 0 Å². The molecule has 0 aliphatic heterocycles. The Hall–Kier alpha value is -0.393. The number of carbonyl (C=O) groups excluding carboxylic acids is 1. The van der Waals surface area contributed by atoms with E-state index in [1.54, 1.807) is 0 Å². The lowest BCUT2D eigenvalue weighted by molar-refractivity contribution is -0.157. The van der Waals surface area contributed by atoms with Crippen molar-refractivity contribution in [3.63, 3.8) is 0 Å². The summed E-state index contributed by atoms with van der Waals surface area (Å²) in [4.78, 5) is 11.9. The Morgan fingerprint density at radius 1 is 1.29 bits per heavy atom. The minimum absolute atomic E-state index is 0.0134. The topological polar surface area (TPSA) is 66.8 Å². The third-order valence-corrected chi connectivity index (χ3v) is 7.59. The summed E-state index contributed by atoms with van der Waals surface area (Å²) >= 11 is 0. The highest BCUT2D eigenvalue weighted by Crippen LogP contribution is 2.37. The Labute approximate surface area is 105 Å². The lowest BCUT2D eigenvalue weighted by Gasteiger charge is -2.37.